The number of para-hydroxylation sites is 1. The van der Waals surface area contributed by atoms with Crippen molar-refractivity contribution in [2.75, 3.05) is 5.73 Å². The second kappa shape index (κ2) is 5.45. The standard InChI is InChI=1S/C13H11N3O5/c1-8-7-9(5-6-11(8)15(17)18)21-12-4-2-3-10(14)13(12)16(19)20/h2-7H,14H2,1H3. The van der Waals surface area contributed by atoms with Crippen LogP contribution in [-0.4, -0.2) is 9.85 Å². The fourth-order valence-electron chi connectivity index (χ4n) is 1.84. The number of aryl methyl sites for hydroxylation is 1. The molecule has 0 amide bonds. The second-order valence-electron chi connectivity index (χ2n) is 4.26. The van der Waals surface area contributed by atoms with Crippen molar-refractivity contribution in [2.24, 2.45) is 0 Å². The third-order valence-corrected chi connectivity index (χ3v) is 2.81. The van der Waals surface area contributed by atoms with Crippen molar-refractivity contribution in [3.63, 3.8) is 0 Å². The molecule has 0 spiro atoms. The summed E-state index contributed by atoms with van der Waals surface area (Å²) in [6.07, 6.45) is 0. The molecule has 2 aromatic rings. The molecule has 2 aromatic carbocycles. The van der Waals surface area contributed by atoms with E-state index in [-0.39, 0.29) is 28.6 Å². The number of nitro groups is 2. The molecule has 0 atom stereocenters. The summed E-state index contributed by atoms with van der Waals surface area (Å²) in [5.74, 6) is 0.236. The third kappa shape index (κ3) is 2.89. The Morgan fingerprint density at radius 3 is 2.38 bits per heavy atom. The maximum absolute atomic E-state index is 11.0. The summed E-state index contributed by atoms with van der Waals surface area (Å²) >= 11 is 0. The lowest BCUT2D eigenvalue weighted by Gasteiger charge is -2.08. The number of nitro benzene ring substituents is 2. The molecule has 0 radical (unpaired) electrons. The number of benzene rings is 2. The van der Waals surface area contributed by atoms with E-state index in [1.165, 1.54) is 36.4 Å². The minimum absolute atomic E-state index is 0.0175. The number of hydrogen-bond acceptors (Lipinski definition) is 6. The van der Waals surface area contributed by atoms with E-state index in [9.17, 15) is 20.2 Å². The van der Waals surface area contributed by atoms with Crippen LogP contribution in [0.25, 0.3) is 0 Å². The van der Waals surface area contributed by atoms with Crippen LogP contribution < -0.4 is 10.5 Å². The summed E-state index contributed by atoms with van der Waals surface area (Å²) in [7, 11) is 0. The predicted octanol–water partition coefficient (Wildman–Crippen LogP) is 3.19. The fourth-order valence-corrected chi connectivity index (χ4v) is 1.84. The molecule has 0 aromatic heterocycles. The zero-order valence-corrected chi connectivity index (χ0v) is 11.0. The van der Waals surface area contributed by atoms with Gasteiger partial charge in [-0.2, -0.15) is 0 Å². The fraction of sp³-hybridized carbons (Fsp3) is 0.0769. The van der Waals surface area contributed by atoms with E-state index in [4.69, 9.17) is 10.5 Å². The lowest BCUT2D eigenvalue weighted by atomic mass is 10.2. The molecule has 2 rings (SSSR count). The van der Waals surface area contributed by atoms with E-state index in [2.05, 4.69) is 0 Å². The Morgan fingerprint density at radius 1 is 1.10 bits per heavy atom. The number of nitrogen functional groups attached to an aromatic ring is 1. The van der Waals surface area contributed by atoms with Gasteiger partial charge in [-0.25, -0.2) is 0 Å². The Labute approximate surface area is 119 Å². The first-order chi connectivity index (χ1) is 9.90. The van der Waals surface area contributed by atoms with Gasteiger partial charge in [0, 0.05) is 11.6 Å². The molecule has 0 heterocycles. The monoisotopic (exact) mass is 289 g/mol. The highest BCUT2D eigenvalue weighted by Gasteiger charge is 2.20. The molecule has 0 aliphatic heterocycles. The summed E-state index contributed by atoms with van der Waals surface area (Å²) in [6.45, 7) is 1.55. The predicted molar refractivity (Wildman–Crippen MR) is 75.4 cm³/mol. The average molecular weight is 289 g/mol. The van der Waals surface area contributed by atoms with Gasteiger partial charge in [0.2, 0.25) is 5.75 Å². The maximum Gasteiger partial charge on any atom is 0.334 e. The number of nitrogens with zero attached hydrogens (tertiary/aromatic N) is 2. The molecule has 0 saturated heterocycles. The van der Waals surface area contributed by atoms with Crippen molar-refractivity contribution in [2.45, 2.75) is 6.92 Å². The van der Waals surface area contributed by atoms with Crippen molar-refractivity contribution in [3.8, 4) is 11.5 Å². The van der Waals surface area contributed by atoms with Crippen LogP contribution in [-0.2, 0) is 0 Å². The normalized spacial score (nSPS) is 10.1. The lowest BCUT2D eigenvalue weighted by molar-refractivity contribution is -0.385. The first-order valence-corrected chi connectivity index (χ1v) is 5.86. The summed E-state index contributed by atoms with van der Waals surface area (Å²) in [5, 5.41) is 21.7. The van der Waals surface area contributed by atoms with Crippen molar-refractivity contribution in [3.05, 3.63) is 62.2 Å². The highest BCUT2D eigenvalue weighted by Crippen LogP contribution is 2.36. The summed E-state index contributed by atoms with van der Waals surface area (Å²) < 4.78 is 5.42. The molecule has 0 unspecified atom stereocenters. The van der Waals surface area contributed by atoms with E-state index in [0.29, 0.717) is 5.56 Å². The van der Waals surface area contributed by atoms with Gasteiger partial charge in [0.25, 0.3) is 5.69 Å². The zero-order valence-electron chi connectivity index (χ0n) is 11.0. The van der Waals surface area contributed by atoms with Crippen molar-refractivity contribution >= 4 is 17.1 Å². The Kier molecular flexibility index (Phi) is 3.70. The van der Waals surface area contributed by atoms with Crippen LogP contribution in [0, 0.1) is 27.2 Å². The lowest BCUT2D eigenvalue weighted by Crippen LogP contribution is -1.99. The van der Waals surface area contributed by atoms with Gasteiger partial charge in [0.1, 0.15) is 11.4 Å². The van der Waals surface area contributed by atoms with E-state index < -0.39 is 9.85 Å². The second-order valence-corrected chi connectivity index (χ2v) is 4.26. The quantitative estimate of drug-likeness (QED) is 0.524. The Hall–Kier alpha value is -3.16. The minimum Gasteiger partial charge on any atom is -0.450 e. The molecule has 21 heavy (non-hydrogen) atoms. The molecule has 8 nitrogen and oxygen atoms in total. The highest BCUT2D eigenvalue weighted by atomic mass is 16.6. The van der Waals surface area contributed by atoms with Gasteiger partial charge in [-0.1, -0.05) is 6.07 Å². The highest BCUT2D eigenvalue weighted by molar-refractivity contribution is 5.66. The third-order valence-electron chi connectivity index (χ3n) is 2.81. The van der Waals surface area contributed by atoms with Crippen LogP contribution in [0.5, 0.6) is 11.5 Å². The van der Waals surface area contributed by atoms with Gasteiger partial charge < -0.3 is 10.5 Å². The van der Waals surface area contributed by atoms with Gasteiger partial charge >= 0.3 is 5.69 Å². The van der Waals surface area contributed by atoms with Crippen LogP contribution in [0.4, 0.5) is 17.1 Å². The van der Waals surface area contributed by atoms with E-state index in [1.807, 2.05) is 0 Å². The first kappa shape index (κ1) is 14.3. The van der Waals surface area contributed by atoms with Gasteiger partial charge in [-0.3, -0.25) is 20.2 Å². The van der Waals surface area contributed by atoms with Gasteiger partial charge in [0.15, 0.2) is 0 Å². The molecule has 108 valence electrons. The van der Waals surface area contributed by atoms with Gasteiger partial charge in [-0.15, -0.1) is 0 Å². The smallest absolute Gasteiger partial charge is 0.334 e. The van der Waals surface area contributed by atoms with Crippen molar-refractivity contribution in [1.82, 2.24) is 0 Å². The summed E-state index contributed by atoms with van der Waals surface area (Å²) in [5.41, 5.74) is 5.54. The van der Waals surface area contributed by atoms with Crippen LogP contribution in [0.2, 0.25) is 0 Å². The first-order valence-electron chi connectivity index (χ1n) is 5.86. The number of anilines is 1. The molecule has 2 N–H and O–H groups in total. The molecule has 0 saturated carbocycles. The Balaban J connectivity index is 2.39. The van der Waals surface area contributed by atoms with Crippen LogP contribution in [0.15, 0.2) is 36.4 Å². The molecular weight excluding hydrogens is 278 g/mol. The largest absolute Gasteiger partial charge is 0.450 e. The van der Waals surface area contributed by atoms with E-state index in [0.717, 1.165) is 0 Å². The Bertz CT molecular complexity index is 730. The van der Waals surface area contributed by atoms with E-state index >= 15 is 0 Å². The van der Waals surface area contributed by atoms with Gasteiger partial charge in [0.05, 0.1) is 9.85 Å². The van der Waals surface area contributed by atoms with Crippen LogP contribution in [0.1, 0.15) is 5.56 Å². The number of ether oxygens (including phenoxy) is 1. The molecule has 0 fully saturated rings. The average Bonchev–Trinajstić information content (AvgIpc) is 2.37. The van der Waals surface area contributed by atoms with Crippen LogP contribution >= 0.6 is 0 Å². The Morgan fingerprint density at radius 2 is 1.81 bits per heavy atom. The maximum atomic E-state index is 11.0. The van der Waals surface area contributed by atoms with Crippen molar-refractivity contribution < 1.29 is 14.6 Å². The number of nitrogens with two attached hydrogens (primary N) is 1. The minimum atomic E-state index is -0.636. The van der Waals surface area contributed by atoms with Crippen molar-refractivity contribution in [1.29, 1.82) is 0 Å². The molecule has 0 bridgehead atoms. The number of hydrogen-bond donors (Lipinski definition) is 1. The number of rotatable bonds is 4. The van der Waals surface area contributed by atoms with Crippen LogP contribution in [0.3, 0.4) is 0 Å². The molecule has 0 aliphatic rings. The molecular formula is C13H11N3O5. The van der Waals surface area contributed by atoms with E-state index in [1.54, 1.807) is 6.92 Å². The molecule has 8 heteroatoms. The summed E-state index contributed by atoms with van der Waals surface area (Å²) in [6, 6.07) is 8.42. The topological polar surface area (TPSA) is 122 Å². The summed E-state index contributed by atoms with van der Waals surface area (Å²) in [4.78, 5) is 20.6. The zero-order chi connectivity index (χ0) is 15.6. The SMILES string of the molecule is Cc1cc(Oc2cccc(N)c2[N+](=O)[O-])ccc1[N+](=O)[O-]. The van der Waals surface area contributed by atoms with Gasteiger partial charge in [-0.05, 0) is 31.2 Å². The molecule has 0 aliphatic carbocycles.